The Kier molecular flexibility index (Phi) is 4.20. The summed E-state index contributed by atoms with van der Waals surface area (Å²) < 4.78 is 0. The number of nitrogens with zero attached hydrogens (tertiary/aromatic N) is 2. The molecule has 1 aliphatic carbocycles. The second kappa shape index (κ2) is 6.29. The number of benzene rings is 2. The summed E-state index contributed by atoms with van der Waals surface area (Å²) in [5.74, 6) is 0.284. The first kappa shape index (κ1) is 17.4. The van der Waals surface area contributed by atoms with E-state index in [1.165, 1.54) is 10.5 Å². The molecule has 4 nitrogen and oxygen atoms in total. The average molecular weight is 388 g/mol. The molecule has 1 amide bonds. The van der Waals surface area contributed by atoms with Crippen LogP contribution in [-0.2, 0) is 16.8 Å². The molecule has 0 aromatic heterocycles. The lowest BCUT2D eigenvalue weighted by molar-refractivity contribution is -0.128. The Morgan fingerprint density at radius 3 is 2.54 bits per heavy atom. The molecule has 1 aliphatic heterocycles. The van der Waals surface area contributed by atoms with Crippen LogP contribution in [0.4, 0.5) is 0 Å². The molecule has 0 saturated heterocycles. The lowest BCUT2D eigenvalue weighted by Gasteiger charge is -2.40. The molecule has 0 bridgehead atoms. The van der Waals surface area contributed by atoms with Crippen molar-refractivity contribution in [3.63, 3.8) is 0 Å². The molecule has 2 aromatic carbocycles. The van der Waals surface area contributed by atoms with E-state index in [4.69, 9.17) is 33.9 Å². The largest absolute Gasteiger partial charge is 0.369 e. The first-order valence-electron chi connectivity index (χ1n) is 8.60. The summed E-state index contributed by atoms with van der Waals surface area (Å²) in [5, 5.41) is 1.19. The van der Waals surface area contributed by atoms with E-state index < -0.39 is 5.54 Å². The predicted octanol–water partition coefficient (Wildman–Crippen LogP) is 4.37. The molecule has 1 spiro atoms. The standard InChI is InChI=1S/C20H19Cl2N3O/c1-25-18(26)11-20(24-19(25)23)6-2-3-12-4-5-13(9-17(12)20)14-7-15(21)10-16(22)8-14/h4-5,7-10H,2-3,6,11H2,1H3,(H2,23,24)/t20-/m0/s1. The van der Waals surface area contributed by atoms with Gasteiger partial charge in [0, 0.05) is 17.1 Å². The highest BCUT2D eigenvalue weighted by molar-refractivity contribution is 6.35. The number of halogens is 2. The van der Waals surface area contributed by atoms with Gasteiger partial charge in [0.15, 0.2) is 5.96 Å². The molecule has 4 rings (SSSR count). The number of rotatable bonds is 1. The summed E-state index contributed by atoms with van der Waals surface area (Å²) in [4.78, 5) is 18.7. The Hall–Kier alpha value is -2.04. The van der Waals surface area contributed by atoms with E-state index in [1.807, 2.05) is 12.1 Å². The summed E-state index contributed by atoms with van der Waals surface area (Å²) in [6.07, 6.45) is 3.13. The molecule has 134 valence electrons. The molecular weight excluding hydrogens is 369 g/mol. The predicted molar refractivity (Wildman–Crippen MR) is 106 cm³/mol. The quantitative estimate of drug-likeness (QED) is 0.789. The topological polar surface area (TPSA) is 58.7 Å². The molecule has 2 aliphatic rings. The maximum Gasteiger partial charge on any atom is 0.231 e. The minimum Gasteiger partial charge on any atom is -0.369 e. The van der Waals surface area contributed by atoms with Gasteiger partial charge in [0.05, 0.1) is 12.0 Å². The summed E-state index contributed by atoms with van der Waals surface area (Å²) in [5.41, 5.74) is 9.74. The van der Waals surface area contributed by atoms with Gasteiger partial charge >= 0.3 is 0 Å². The van der Waals surface area contributed by atoms with Crippen molar-refractivity contribution in [3.8, 4) is 11.1 Å². The van der Waals surface area contributed by atoms with Crippen molar-refractivity contribution in [2.75, 3.05) is 7.05 Å². The zero-order valence-electron chi connectivity index (χ0n) is 14.4. The van der Waals surface area contributed by atoms with Crippen LogP contribution < -0.4 is 5.73 Å². The molecule has 0 fully saturated rings. The molecule has 0 unspecified atom stereocenters. The number of aryl methyl sites for hydroxylation is 1. The third-order valence-electron chi connectivity index (χ3n) is 5.33. The van der Waals surface area contributed by atoms with Gasteiger partial charge in [0.25, 0.3) is 0 Å². The van der Waals surface area contributed by atoms with E-state index in [0.29, 0.717) is 16.5 Å². The molecule has 1 atom stereocenters. The molecule has 2 aromatic rings. The van der Waals surface area contributed by atoms with Gasteiger partial charge in [0.1, 0.15) is 0 Å². The van der Waals surface area contributed by atoms with Crippen LogP contribution in [0.1, 0.15) is 30.4 Å². The first-order chi connectivity index (χ1) is 12.4. The van der Waals surface area contributed by atoms with E-state index >= 15 is 0 Å². The molecule has 1 heterocycles. The van der Waals surface area contributed by atoms with Crippen molar-refractivity contribution in [2.45, 2.75) is 31.2 Å². The number of fused-ring (bicyclic) bond motifs is 2. The minimum atomic E-state index is -0.570. The molecule has 0 radical (unpaired) electrons. The number of hydrogen-bond donors (Lipinski definition) is 1. The van der Waals surface area contributed by atoms with E-state index in [0.717, 1.165) is 36.0 Å². The van der Waals surface area contributed by atoms with Crippen LogP contribution in [0, 0.1) is 0 Å². The van der Waals surface area contributed by atoms with Gasteiger partial charge in [-0.3, -0.25) is 9.69 Å². The number of carbonyl (C=O) groups is 1. The van der Waals surface area contributed by atoms with Crippen LogP contribution >= 0.6 is 23.2 Å². The fourth-order valence-electron chi connectivity index (χ4n) is 3.96. The lowest BCUT2D eigenvalue weighted by Crippen LogP contribution is -2.49. The fraction of sp³-hybridized carbons (Fsp3) is 0.300. The van der Waals surface area contributed by atoms with Gasteiger partial charge in [0.2, 0.25) is 5.91 Å². The minimum absolute atomic E-state index is 0.00144. The summed E-state index contributed by atoms with van der Waals surface area (Å²) in [7, 11) is 1.67. The number of amides is 1. The fourth-order valence-corrected chi connectivity index (χ4v) is 4.49. The molecule has 6 heteroatoms. The van der Waals surface area contributed by atoms with Crippen LogP contribution in [0.3, 0.4) is 0 Å². The summed E-state index contributed by atoms with van der Waals surface area (Å²) in [6, 6.07) is 11.8. The lowest BCUT2D eigenvalue weighted by atomic mass is 9.73. The first-order valence-corrected chi connectivity index (χ1v) is 9.35. The summed E-state index contributed by atoms with van der Waals surface area (Å²) >= 11 is 12.3. The van der Waals surface area contributed by atoms with Crippen molar-refractivity contribution in [3.05, 3.63) is 57.6 Å². The highest BCUT2D eigenvalue weighted by Gasteiger charge is 2.42. The van der Waals surface area contributed by atoms with Crippen LogP contribution in [0.15, 0.2) is 41.4 Å². The monoisotopic (exact) mass is 387 g/mol. The Labute approximate surface area is 162 Å². The van der Waals surface area contributed by atoms with E-state index in [-0.39, 0.29) is 11.9 Å². The van der Waals surface area contributed by atoms with Crippen molar-refractivity contribution in [1.29, 1.82) is 0 Å². The van der Waals surface area contributed by atoms with Crippen LogP contribution in [0.25, 0.3) is 11.1 Å². The van der Waals surface area contributed by atoms with E-state index in [1.54, 1.807) is 13.1 Å². The summed E-state index contributed by atoms with van der Waals surface area (Å²) in [6.45, 7) is 0. The Morgan fingerprint density at radius 1 is 1.12 bits per heavy atom. The third-order valence-corrected chi connectivity index (χ3v) is 5.77. The maximum atomic E-state index is 12.5. The highest BCUT2D eigenvalue weighted by Crippen LogP contribution is 2.44. The maximum absolute atomic E-state index is 12.5. The van der Waals surface area contributed by atoms with E-state index in [9.17, 15) is 4.79 Å². The average Bonchev–Trinajstić information content (AvgIpc) is 2.59. The van der Waals surface area contributed by atoms with Gasteiger partial charge < -0.3 is 5.73 Å². The number of carbonyl (C=O) groups excluding carboxylic acids is 1. The normalized spacial score (nSPS) is 22.3. The zero-order valence-corrected chi connectivity index (χ0v) is 15.9. The Bertz CT molecular complexity index is 920. The van der Waals surface area contributed by atoms with Gasteiger partial charge in [-0.05, 0) is 65.8 Å². The number of guanidine groups is 1. The van der Waals surface area contributed by atoms with Gasteiger partial charge in [-0.25, -0.2) is 4.99 Å². The van der Waals surface area contributed by atoms with Crippen molar-refractivity contribution in [2.24, 2.45) is 10.7 Å². The third kappa shape index (κ3) is 2.87. The smallest absolute Gasteiger partial charge is 0.231 e. The SMILES string of the molecule is CN1C(=O)C[C@]2(CCCc3ccc(-c4cc(Cl)cc(Cl)c4)cc32)N=C1N. The van der Waals surface area contributed by atoms with Crippen LogP contribution in [-0.4, -0.2) is 23.8 Å². The van der Waals surface area contributed by atoms with Crippen LogP contribution in [0.5, 0.6) is 0 Å². The van der Waals surface area contributed by atoms with Crippen molar-refractivity contribution < 1.29 is 4.79 Å². The molecular formula is C20H19Cl2N3O. The van der Waals surface area contributed by atoms with Crippen LogP contribution in [0.2, 0.25) is 10.0 Å². The van der Waals surface area contributed by atoms with Gasteiger partial charge in [-0.1, -0.05) is 35.3 Å². The zero-order chi connectivity index (χ0) is 18.5. The Morgan fingerprint density at radius 2 is 1.85 bits per heavy atom. The van der Waals surface area contributed by atoms with Crippen molar-refractivity contribution in [1.82, 2.24) is 4.90 Å². The number of aliphatic imine (C=N–C) groups is 1. The number of hydrogen-bond acceptors (Lipinski definition) is 3. The van der Waals surface area contributed by atoms with Gasteiger partial charge in [-0.15, -0.1) is 0 Å². The number of nitrogens with two attached hydrogens (primary N) is 1. The molecule has 2 N–H and O–H groups in total. The molecule has 26 heavy (non-hydrogen) atoms. The second-order valence-corrected chi connectivity index (χ2v) is 7.89. The van der Waals surface area contributed by atoms with Gasteiger partial charge in [-0.2, -0.15) is 0 Å². The molecule has 0 saturated carbocycles. The Balaban J connectivity index is 1.87. The second-order valence-electron chi connectivity index (χ2n) is 7.01. The van der Waals surface area contributed by atoms with Crippen molar-refractivity contribution >= 4 is 35.1 Å². The highest BCUT2D eigenvalue weighted by atomic mass is 35.5. The van der Waals surface area contributed by atoms with E-state index in [2.05, 4.69) is 18.2 Å².